The van der Waals surface area contributed by atoms with Gasteiger partial charge in [-0.2, -0.15) is 0 Å². The molecule has 3 rings (SSSR count). The Morgan fingerprint density at radius 3 is 2.76 bits per heavy atom. The largest absolute Gasteiger partial charge is 0.381 e. The third-order valence-electron chi connectivity index (χ3n) is 4.42. The van der Waals surface area contributed by atoms with E-state index in [1.807, 2.05) is 0 Å². The van der Waals surface area contributed by atoms with E-state index in [4.69, 9.17) is 9.72 Å². The van der Waals surface area contributed by atoms with E-state index in [-0.39, 0.29) is 11.2 Å². The average molecular weight is 308 g/mol. The van der Waals surface area contributed by atoms with Crippen LogP contribution in [0.4, 0.5) is 5.13 Å². The van der Waals surface area contributed by atoms with Gasteiger partial charge in [0.05, 0.1) is 10.6 Å². The number of carbonyl (C=O) groups is 1. The fourth-order valence-electron chi connectivity index (χ4n) is 3.27. The van der Waals surface area contributed by atoms with Crippen LogP contribution in [0, 0.1) is 11.3 Å². The number of nitrogens with zero attached hydrogens (tertiary/aromatic N) is 2. The summed E-state index contributed by atoms with van der Waals surface area (Å²) in [5, 5.41) is 0.998. The molecule has 0 radical (unpaired) electrons. The molecule has 0 saturated carbocycles. The van der Waals surface area contributed by atoms with Gasteiger partial charge in [-0.05, 0) is 30.6 Å². The van der Waals surface area contributed by atoms with Crippen molar-refractivity contribution in [2.24, 2.45) is 11.3 Å². The molecule has 0 N–H and O–H groups in total. The third-order valence-corrected chi connectivity index (χ3v) is 5.68. The van der Waals surface area contributed by atoms with Crippen molar-refractivity contribution in [2.75, 3.05) is 31.7 Å². The first-order valence-corrected chi connectivity index (χ1v) is 8.58. The van der Waals surface area contributed by atoms with Gasteiger partial charge in [-0.3, -0.25) is 4.79 Å². The predicted molar refractivity (Wildman–Crippen MR) is 85.4 cm³/mol. The van der Waals surface area contributed by atoms with Gasteiger partial charge in [-0.25, -0.2) is 4.98 Å². The minimum Gasteiger partial charge on any atom is -0.381 e. The van der Waals surface area contributed by atoms with Gasteiger partial charge in [0.25, 0.3) is 0 Å². The van der Waals surface area contributed by atoms with Crippen molar-refractivity contribution in [1.29, 1.82) is 0 Å². The predicted octanol–water partition coefficient (Wildman–Crippen LogP) is 3.16. The second-order valence-corrected chi connectivity index (χ2v) is 8.13. The first kappa shape index (κ1) is 15.0. The van der Waals surface area contributed by atoms with Crippen LogP contribution in [-0.2, 0) is 11.2 Å². The second-order valence-electron chi connectivity index (χ2n) is 7.15. The molecule has 2 heterocycles. The lowest BCUT2D eigenvalue weighted by Gasteiger charge is -2.27. The number of Topliss-reactive ketones (excluding diaryl/α,β-unsaturated/α-hetero) is 1. The molecule has 1 fully saturated rings. The highest BCUT2D eigenvalue weighted by atomic mass is 32.1. The number of carbonyl (C=O) groups excluding carboxylic acids is 1. The van der Waals surface area contributed by atoms with Gasteiger partial charge in [0, 0.05) is 33.2 Å². The molecule has 0 amide bonds. The molecule has 0 spiro atoms. The van der Waals surface area contributed by atoms with Crippen molar-refractivity contribution < 1.29 is 9.53 Å². The highest BCUT2D eigenvalue weighted by molar-refractivity contribution is 7.17. The van der Waals surface area contributed by atoms with Crippen LogP contribution >= 0.6 is 11.3 Å². The Morgan fingerprint density at radius 2 is 2.05 bits per heavy atom. The highest BCUT2D eigenvalue weighted by Gasteiger charge is 2.34. The molecule has 116 valence electrons. The van der Waals surface area contributed by atoms with Crippen LogP contribution in [0.5, 0.6) is 0 Å². The maximum absolute atomic E-state index is 12.3. The monoisotopic (exact) mass is 308 g/mol. The Kier molecular flexibility index (Phi) is 4.06. The van der Waals surface area contributed by atoms with Crippen molar-refractivity contribution in [3.8, 4) is 0 Å². The van der Waals surface area contributed by atoms with Gasteiger partial charge in [0.1, 0.15) is 0 Å². The molecule has 0 unspecified atom stereocenters. The summed E-state index contributed by atoms with van der Waals surface area (Å²) in [7, 11) is 2.09. The summed E-state index contributed by atoms with van der Waals surface area (Å²) < 4.78 is 5.41. The summed E-state index contributed by atoms with van der Waals surface area (Å²) in [6, 6.07) is 0. The molecule has 1 aliphatic carbocycles. The van der Waals surface area contributed by atoms with E-state index in [0.29, 0.717) is 12.3 Å². The lowest BCUT2D eigenvalue weighted by molar-refractivity contribution is 0.0685. The van der Waals surface area contributed by atoms with E-state index in [0.717, 1.165) is 54.7 Å². The van der Waals surface area contributed by atoms with Gasteiger partial charge in [-0.1, -0.05) is 25.2 Å². The minimum absolute atomic E-state index is 0.0503. The van der Waals surface area contributed by atoms with E-state index in [1.54, 1.807) is 11.3 Å². The molecule has 21 heavy (non-hydrogen) atoms. The maximum Gasteiger partial charge on any atom is 0.185 e. The Labute approximate surface area is 130 Å². The Hall–Kier alpha value is -0.940. The lowest BCUT2D eigenvalue weighted by Crippen LogP contribution is -2.29. The smallest absolute Gasteiger partial charge is 0.185 e. The molecular weight excluding hydrogens is 284 g/mol. The molecule has 0 atom stereocenters. The molecule has 1 saturated heterocycles. The van der Waals surface area contributed by atoms with Gasteiger partial charge in [-0.15, -0.1) is 0 Å². The number of thiazole rings is 1. The van der Waals surface area contributed by atoms with Crippen LogP contribution in [0.3, 0.4) is 0 Å². The third kappa shape index (κ3) is 3.29. The summed E-state index contributed by atoms with van der Waals surface area (Å²) in [4.78, 5) is 20.1. The number of rotatable bonds is 3. The topological polar surface area (TPSA) is 42.4 Å². The van der Waals surface area contributed by atoms with Gasteiger partial charge in [0.15, 0.2) is 10.9 Å². The molecule has 0 aromatic carbocycles. The number of fused-ring (bicyclic) bond motifs is 1. The van der Waals surface area contributed by atoms with Crippen molar-refractivity contribution in [2.45, 2.75) is 39.5 Å². The molecule has 1 aliphatic heterocycles. The maximum atomic E-state index is 12.3. The SMILES string of the molecule is CN(CC1CCOCC1)c1nc2c(s1)C(=O)CC(C)(C)C2. The first-order chi connectivity index (χ1) is 9.94. The standard InChI is InChI=1S/C16H24N2O2S/c1-16(2)8-12-14(13(19)9-16)21-15(17-12)18(3)10-11-4-6-20-7-5-11/h11H,4-10H2,1-3H3. The van der Waals surface area contributed by atoms with Crippen molar-refractivity contribution >= 4 is 22.3 Å². The van der Waals surface area contributed by atoms with Crippen LogP contribution in [0.15, 0.2) is 0 Å². The molecule has 1 aromatic heterocycles. The Morgan fingerprint density at radius 1 is 1.33 bits per heavy atom. The molecule has 5 heteroatoms. The highest BCUT2D eigenvalue weighted by Crippen LogP contribution is 2.39. The van der Waals surface area contributed by atoms with E-state index < -0.39 is 0 Å². The fraction of sp³-hybridized carbons (Fsp3) is 0.750. The number of aromatic nitrogens is 1. The zero-order valence-electron chi connectivity index (χ0n) is 13.1. The van der Waals surface area contributed by atoms with Crippen LogP contribution in [0.25, 0.3) is 0 Å². The average Bonchev–Trinajstić information content (AvgIpc) is 2.82. The van der Waals surface area contributed by atoms with E-state index in [9.17, 15) is 4.79 Å². The lowest BCUT2D eigenvalue weighted by atomic mass is 9.78. The number of ketones is 1. The van der Waals surface area contributed by atoms with Gasteiger partial charge in [0.2, 0.25) is 0 Å². The molecule has 4 nitrogen and oxygen atoms in total. The van der Waals surface area contributed by atoms with Crippen molar-refractivity contribution in [3.63, 3.8) is 0 Å². The number of hydrogen-bond acceptors (Lipinski definition) is 5. The zero-order valence-corrected chi connectivity index (χ0v) is 14.0. The van der Waals surface area contributed by atoms with Gasteiger partial charge >= 0.3 is 0 Å². The molecule has 0 bridgehead atoms. The van der Waals surface area contributed by atoms with E-state index in [2.05, 4.69) is 25.8 Å². The van der Waals surface area contributed by atoms with Crippen LogP contribution in [-0.4, -0.2) is 37.6 Å². The van der Waals surface area contributed by atoms with Crippen LogP contribution in [0.1, 0.15) is 48.5 Å². The summed E-state index contributed by atoms with van der Waals surface area (Å²) >= 11 is 1.57. The number of hydrogen-bond donors (Lipinski definition) is 0. The molecule has 1 aromatic rings. The normalized spacial score (nSPS) is 22.1. The second kappa shape index (κ2) is 5.69. The van der Waals surface area contributed by atoms with Crippen molar-refractivity contribution in [1.82, 2.24) is 4.98 Å². The van der Waals surface area contributed by atoms with E-state index in [1.165, 1.54) is 0 Å². The minimum atomic E-state index is 0.0503. The number of ether oxygens (including phenoxy) is 1. The molecule has 2 aliphatic rings. The summed E-state index contributed by atoms with van der Waals surface area (Å²) in [5.74, 6) is 0.946. The van der Waals surface area contributed by atoms with Gasteiger partial charge < -0.3 is 9.64 Å². The quantitative estimate of drug-likeness (QED) is 0.860. The van der Waals surface area contributed by atoms with Crippen LogP contribution in [0.2, 0.25) is 0 Å². The zero-order chi connectivity index (χ0) is 15.0. The number of anilines is 1. The summed E-state index contributed by atoms with van der Waals surface area (Å²) in [6.45, 7) is 7.06. The fourth-order valence-corrected chi connectivity index (χ4v) is 4.26. The summed E-state index contributed by atoms with van der Waals surface area (Å²) in [6.07, 6.45) is 3.81. The first-order valence-electron chi connectivity index (χ1n) is 7.76. The van der Waals surface area contributed by atoms with Crippen molar-refractivity contribution in [3.05, 3.63) is 10.6 Å². The molecular formula is C16H24N2O2S. The Bertz CT molecular complexity index is 532. The Balaban J connectivity index is 1.73. The van der Waals surface area contributed by atoms with E-state index >= 15 is 0 Å². The van der Waals surface area contributed by atoms with Crippen LogP contribution < -0.4 is 4.90 Å². The summed E-state index contributed by atoms with van der Waals surface area (Å²) in [5.41, 5.74) is 1.06.